The number of nitrogens with zero attached hydrogens (tertiary/aromatic N) is 1. The number of alkyl carbamates (subject to hydrolysis) is 1. The van der Waals surface area contributed by atoms with Gasteiger partial charge in [-0.1, -0.05) is 48.5 Å². The number of carbonyl (C=O) groups is 3. The molecular formula is C25H28N2O5S. The molecule has 174 valence electrons. The van der Waals surface area contributed by atoms with E-state index in [2.05, 4.69) is 29.6 Å². The summed E-state index contributed by atoms with van der Waals surface area (Å²) in [7, 11) is 0. The van der Waals surface area contributed by atoms with Gasteiger partial charge in [-0.05, 0) is 42.0 Å². The Labute approximate surface area is 197 Å². The van der Waals surface area contributed by atoms with Crippen LogP contribution in [0.25, 0.3) is 11.1 Å². The molecule has 1 saturated carbocycles. The Hall–Kier alpha value is -3.00. The second-order valence-electron chi connectivity index (χ2n) is 8.35. The third-order valence-corrected chi connectivity index (χ3v) is 7.03. The molecule has 2 aliphatic carbocycles. The van der Waals surface area contributed by atoms with Gasteiger partial charge in [0.25, 0.3) is 0 Å². The van der Waals surface area contributed by atoms with Crippen LogP contribution < -0.4 is 5.32 Å². The Balaban J connectivity index is 1.19. The van der Waals surface area contributed by atoms with Gasteiger partial charge in [-0.3, -0.25) is 4.79 Å². The molecule has 0 heterocycles. The number of carboxylic acids is 1. The lowest BCUT2D eigenvalue weighted by Gasteiger charge is -2.26. The maximum absolute atomic E-state index is 12.4. The summed E-state index contributed by atoms with van der Waals surface area (Å²) in [4.78, 5) is 37.4. The second-order valence-corrected chi connectivity index (χ2v) is 9.46. The fourth-order valence-electron chi connectivity index (χ4n) is 4.32. The van der Waals surface area contributed by atoms with Crippen LogP contribution in [0.2, 0.25) is 0 Å². The summed E-state index contributed by atoms with van der Waals surface area (Å²) in [5, 5.41) is 12.0. The van der Waals surface area contributed by atoms with Gasteiger partial charge >= 0.3 is 12.1 Å². The zero-order valence-corrected chi connectivity index (χ0v) is 19.3. The molecule has 2 aromatic rings. The van der Waals surface area contributed by atoms with Crippen molar-refractivity contribution in [1.29, 1.82) is 0 Å². The smallest absolute Gasteiger partial charge is 0.407 e. The van der Waals surface area contributed by atoms with E-state index in [1.54, 1.807) is 6.92 Å². The minimum absolute atomic E-state index is 0.0137. The second kappa shape index (κ2) is 10.3. The topological polar surface area (TPSA) is 95.9 Å². The van der Waals surface area contributed by atoms with E-state index in [0.717, 1.165) is 24.0 Å². The predicted molar refractivity (Wildman–Crippen MR) is 127 cm³/mol. The van der Waals surface area contributed by atoms with E-state index in [0.29, 0.717) is 12.3 Å². The van der Waals surface area contributed by atoms with Crippen molar-refractivity contribution in [2.75, 3.05) is 24.7 Å². The van der Waals surface area contributed by atoms with Gasteiger partial charge in [0.1, 0.15) is 12.6 Å². The van der Waals surface area contributed by atoms with Gasteiger partial charge in [-0.2, -0.15) is 11.8 Å². The number of hydrogen-bond acceptors (Lipinski definition) is 5. The molecular weight excluding hydrogens is 440 g/mol. The molecule has 2 aliphatic rings. The molecule has 0 bridgehead atoms. The third-order valence-electron chi connectivity index (χ3n) is 6.09. The summed E-state index contributed by atoms with van der Waals surface area (Å²) in [5.41, 5.74) is 4.69. The molecule has 2 N–H and O–H groups in total. The zero-order valence-electron chi connectivity index (χ0n) is 18.5. The van der Waals surface area contributed by atoms with Gasteiger partial charge in [0.05, 0.1) is 5.75 Å². The summed E-state index contributed by atoms with van der Waals surface area (Å²) in [6, 6.07) is 15.6. The van der Waals surface area contributed by atoms with E-state index < -0.39 is 18.1 Å². The average Bonchev–Trinajstić information content (AvgIpc) is 3.59. The van der Waals surface area contributed by atoms with Gasteiger partial charge in [0.15, 0.2) is 0 Å². The van der Waals surface area contributed by atoms with Crippen molar-refractivity contribution in [2.24, 2.45) is 0 Å². The standard InChI is InChI=1S/C25H28N2O5S/c1-16(24(29)30)27(17-10-11-17)23(28)15-33-13-12-26-25(31)32-14-22-20-8-4-2-6-18(20)19-7-3-5-9-21(19)22/h2-9,16-17,22H,10-15H2,1H3,(H,26,31)(H,29,30). The minimum atomic E-state index is -0.989. The van der Waals surface area contributed by atoms with Gasteiger partial charge in [-0.15, -0.1) is 0 Å². The van der Waals surface area contributed by atoms with Crippen LogP contribution >= 0.6 is 11.8 Å². The molecule has 0 saturated heterocycles. The van der Waals surface area contributed by atoms with Crippen molar-refractivity contribution in [3.63, 3.8) is 0 Å². The number of ether oxygens (including phenoxy) is 1. The molecule has 1 unspecified atom stereocenters. The molecule has 33 heavy (non-hydrogen) atoms. The first-order valence-electron chi connectivity index (χ1n) is 11.2. The normalized spacial score (nSPS) is 15.3. The minimum Gasteiger partial charge on any atom is -0.480 e. The van der Waals surface area contributed by atoms with Crippen LogP contribution in [-0.4, -0.2) is 64.7 Å². The lowest BCUT2D eigenvalue weighted by atomic mass is 9.98. The molecule has 1 fully saturated rings. The number of aliphatic carboxylic acids is 1. The van der Waals surface area contributed by atoms with Gasteiger partial charge in [-0.25, -0.2) is 9.59 Å². The van der Waals surface area contributed by atoms with Crippen molar-refractivity contribution >= 4 is 29.7 Å². The average molecular weight is 469 g/mol. The number of carboxylic acid groups (broad SMARTS) is 1. The molecule has 8 heteroatoms. The Morgan fingerprint density at radius 1 is 1.09 bits per heavy atom. The van der Waals surface area contributed by atoms with Gasteiger partial charge in [0.2, 0.25) is 5.91 Å². The van der Waals surface area contributed by atoms with Crippen LogP contribution in [0.3, 0.4) is 0 Å². The SMILES string of the molecule is CC(C(=O)O)N(C(=O)CSCCNC(=O)OCC1c2ccccc2-c2ccccc21)C1CC1. The number of thioether (sulfide) groups is 1. The highest BCUT2D eigenvalue weighted by Gasteiger charge is 2.38. The largest absolute Gasteiger partial charge is 0.480 e. The molecule has 4 rings (SSSR count). The number of carbonyl (C=O) groups excluding carboxylic acids is 2. The van der Waals surface area contributed by atoms with E-state index in [1.165, 1.54) is 27.8 Å². The number of hydrogen-bond donors (Lipinski definition) is 2. The van der Waals surface area contributed by atoms with Crippen molar-refractivity contribution in [3.05, 3.63) is 59.7 Å². The fourth-order valence-corrected chi connectivity index (χ4v) is 5.03. The molecule has 0 spiro atoms. The highest BCUT2D eigenvalue weighted by Crippen LogP contribution is 2.44. The first-order chi connectivity index (χ1) is 16.0. The van der Waals surface area contributed by atoms with Crippen LogP contribution in [0.15, 0.2) is 48.5 Å². The lowest BCUT2D eigenvalue weighted by Crippen LogP contribution is -2.45. The molecule has 0 aromatic heterocycles. The quantitative estimate of drug-likeness (QED) is 0.516. The van der Waals surface area contributed by atoms with Crippen molar-refractivity contribution in [3.8, 4) is 11.1 Å². The van der Waals surface area contributed by atoms with E-state index in [-0.39, 0.29) is 30.2 Å². The van der Waals surface area contributed by atoms with Crippen LogP contribution in [0, 0.1) is 0 Å². The predicted octanol–water partition coefficient (Wildman–Crippen LogP) is 3.72. The lowest BCUT2D eigenvalue weighted by molar-refractivity contribution is -0.148. The van der Waals surface area contributed by atoms with Gasteiger partial charge < -0.3 is 20.1 Å². The van der Waals surface area contributed by atoms with Gasteiger partial charge in [0, 0.05) is 24.3 Å². The molecule has 0 radical (unpaired) electrons. The van der Waals surface area contributed by atoms with E-state index in [9.17, 15) is 19.5 Å². The number of rotatable bonds is 10. The summed E-state index contributed by atoms with van der Waals surface area (Å²) in [6.07, 6.45) is 1.23. The number of nitrogens with one attached hydrogen (secondary N) is 1. The highest BCUT2D eigenvalue weighted by atomic mass is 32.2. The maximum atomic E-state index is 12.4. The summed E-state index contributed by atoms with van der Waals surface area (Å²) >= 11 is 1.38. The van der Waals surface area contributed by atoms with Crippen LogP contribution in [-0.2, 0) is 14.3 Å². The maximum Gasteiger partial charge on any atom is 0.407 e. The van der Waals surface area contributed by atoms with Crippen molar-refractivity contribution in [1.82, 2.24) is 10.2 Å². The van der Waals surface area contributed by atoms with E-state index in [1.807, 2.05) is 24.3 Å². The summed E-state index contributed by atoms with van der Waals surface area (Å²) in [6.45, 7) is 2.17. The van der Waals surface area contributed by atoms with Crippen LogP contribution in [0.1, 0.15) is 36.8 Å². The Morgan fingerprint density at radius 3 is 2.27 bits per heavy atom. The van der Waals surface area contributed by atoms with Crippen LogP contribution in [0.4, 0.5) is 4.79 Å². The Kier molecular flexibility index (Phi) is 7.23. The highest BCUT2D eigenvalue weighted by molar-refractivity contribution is 7.99. The Bertz CT molecular complexity index is 993. The molecule has 0 aliphatic heterocycles. The monoisotopic (exact) mass is 468 g/mol. The number of fused-ring (bicyclic) bond motifs is 3. The van der Waals surface area contributed by atoms with E-state index in [4.69, 9.17) is 4.74 Å². The van der Waals surface area contributed by atoms with Crippen LogP contribution in [0.5, 0.6) is 0 Å². The number of amides is 2. The molecule has 2 amide bonds. The summed E-state index contributed by atoms with van der Waals surface area (Å²) in [5.74, 6) is -0.411. The first kappa shape index (κ1) is 23.2. The third kappa shape index (κ3) is 5.33. The van der Waals surface area contributed by atoms with Crippen molar-refractivity contribution in [2.45, 2.75) is 37.8 Å². The van der Waals surface area contributed by atoms with Crippen molar-refractivity contribution < 1.29 is 24.2 Å². The van der Waals surface area contributed by atoms with E-state index >= 15 is 0 Å². The summed E-state index contributed by atoms with van der Waals surface area (Å²) < 4.78 is 5.50. The zero-order chi connectivity index (χ0) is 23.4. The Morgan fingerprint density at radius 2 is 1.70 bits per heavy atom. The fraction of sp³-hybridized carbons (Fsp3) is 0.400. The molecule has 7 nitrogen and oxygen atoms in total. The molecule has 1 atom stereocenters. The number of benzene rings is 2. The molecule has 2 aromatic carbocycles. The first-order valence-corrected chi connectivity index (χ1v) is 12.3.